The Labute approximate surface area is 944 Å². The van der Waals surface area contributed by atoms with Gasteiger partial charge < -0.3 is 37.2 Å². The number of rotatable bonds is 34. The van der Waals surface area contributed by atoms with Crippen LogP contribution in [0, 0.1) is 0 Å². The van der Waals surface area contributed by atoms with Gasteiger partial charge in [0.25, 0.3) is 0 Å². The molecule has 0 aromatic heterocycles. The van der Waals surface area contributed by atoms with Crippen LogP contribution in [0.5, 0.6) is 0 Å². The van der Waals surface area contributed by atoms with Crippen molar-refractivity contribution < 1.29 is 189 Å². The average molecular weight is 2040 g/mol. The minimum atomic E-state index is -4.03. The van der Waals surface area contributed by atoms with Crippen molar-refractivity contribution >= 4 is 40.5 Å². The van der Waals surface area contributed by atoms with Crippen LogP contribution in [0.1, 0.15) is 81.1 Å². The van der Waals surface area contributed by atoms with E-state index in [2.05, 4.69) is 426 Å². The van der Waals surface area contributed by atoms with Crippen LogP contribution in [0.4, 0.5) is 0 Å². The Morgan fingerprint density at radius 3 is 0.306 bits per heavy atom. The fraction of sp³-hybridized carbons (Fsp3) is 0.200. The van der Waals surface area contributed by atoms with E-state index in [-0.39, 0.29) is 149 Å². The van der Waals surface area contributed by atoms with E-state index in [0.717, 1.165) is 0 Å². The molecule has 0 saturated carbocycles. The normalized spacial score (nSPS) is 10.7. The van der Waals surface area contributed by atoms with E-state index >= 15 is 0 Å². The summed E-state index contributed by atoms with van der Waals surface area (Å²) in [5.41, 5.74) is 34.3. The average Bonchev–Trinajstić information content (AvgIpc) is 0.817. The molecule has 16 nitrogen and oxygen atoms in total. The summed E-state index contributed by atoms with van der Waals surface area (Å²) < 4.78 is 139. The van der Waals surface area contributed by atoms with Gasteiger partial charge in [-0.05, 0) is 209 Å². The largest absolute Gasteiger partial charge is 1.00 e. The smallest absolute Gasteiger partial charge is 0.748 e. The molecule has 0 N–H and O–H groups in total. The molecule has 0 atom stereocenters. The minimum Gasteiger partial charge on any atom is -0.748 e. The van der Waals surface area contributed by atoms with Crippen LogP contribution in [-0.4, -0.2) is 128 Å². The van der Waals surface area contributed by atoms with Gasteiger partial charge in [0.15, 0.2) is 0 Å². The zero-order valence-electron chi connectivity index (χ0n) is 83.4. The summed E-state index contributed by atoms with van der Waals surface area (Å²) in [4.78, 5) is 0. The Morgan fingerprint density at radius 2 is 0.236 bits per heavy atom. The van der Waals surface area contributed by atoms with Gasteiger partial charge >= 0.3 is 118 Å². The molecule has 0 aliphatic heterocycles. The van der Waals surface area contributed by atoms with E-state index in [1.165, 1.54) is 162 Å². The first kappa shape index (κ1) is 125. The van der Waals surface area contributed by atoms with E-state index in [1.807, 2.05) is 27.7 Å². The molecule has 728 valence electrons. The molecule has 0 bridgehead atoms. The van der Waals surface area contributed by atoms with Gasteiger partial charge in [0, 0.05) is 75.9 Å². The number of ether oxygens (including phenoxy) is 4. The van der Waals surface area contributed by atoms with Crippen molar-refractivity contribution in [3.63, 3.8) is 0 Å². The van der Waals surface area contributed by atoms with Crippen LogP contribution in [0.25, 0.3) is 156 Å². The predicted octanol–water partition coefficient (Wildman–Crippen LogP) is 16.6. The van der Waals surface area contributed by atoms with Crippen molar-refractivity contribution in [1.82, 2.24) is 0 Å². The molecule has 24 heteroatoms. The van der Waals surface area contributed by atoms with Gasteiger partial charge in [-0.2, -0.15) is 0 Å². The zero-order valence-corrected chi connectivity index (χ0v) is 94.7. The third-order valence-electron chi connectivity index (χ3n) is 21.9. The second-order valence-corrected chi connectivity index (χ2v) is 38.4. The van der Waals surface area contributed by atoms with Gasteiger partial charge in [-0.15, -0.1) is 0 Å². The van der Waals surface area contributed by atoms with Crippen molar-refractivity contribution in [3.8, 4) is 156 Å². The molecule has 0 spiro atoms. The van der Waals surface area contributed by atoms with E-state index in [0.29, 0.717) is 78.5 Å². The quantitative estimate of drug-likeness (QED) is 0.0206. The fourth-order valence-electron chi connectivity index (χ4n) is 14.7. The topological polar surface area (TPSA) is 266 Å². The second-order valence-electron chi connectivity index (χ2n) is 32.3. The minimum absolute atomic E-state index is 0. The van der Waals surface area contributed by atoms with Gasteiger partial charge in [0.2, 0.25) is 0 Å². The summed E-state index contributed by atoms with van der Waals surface area (Å²) >= 11 is 0. The van der Waals surface area contributed by atoms with Gasteiger partial charge in [-0.1, -0.05) is 440 Å². The SMILES string of the molecule is C.CCC.CCOCCCS(=O)(=O)[O-].CCOCCCS(=O)(=O)[O-].CCOCCCS(=O)(=O)[O-].CCOCCCS(=O)(=O)[O-].[Na+].[Na+].[Na+].[Na+].c1ccc(-c2ccc(-c3ccc(-c4ccc(-c5ccc(-c6ccc(-c7ccc(-c8ccccc8)cc7)cc6)cc5)cc4)cc3)cc2)cc1.c1ccc(-c2ccc(-c3ccc(-c4ccc(-c5ccc(-c6ccc(-c7ccc(-c8ccccc8)cc7)cc6)cc5)cc4)cc3)cc2)cc1. The van der Waals surface area contributed by atoms with Crippen LogP contribution in [-0.2, 0) is 59.4 Å². The van der Waals surface area contributed by atoms with E-state index < -0.39 is 40.5 Å². The summed E-state index contributed by atoms with van der Waals surface area (Å²) in [6.07, 6.45) is 2.42. The first-order valence-electron chi connectivity index (χ1n) is 46.7. The maximum absolute atomic E-state index is 9.98. The summed E-state index contributed by atoms with van der Waals surface area (Å²) in [7, 11) is -16.1. The number of benzene rings is 16. The molecule has 0 fully saturated rings. The summed E-state index contributed by atoms with van der Waals surface area (Å²) in [6, 6.07) is 148. The first-order chi connectivity index (χ1) is 67.2. The van der Waals surface area contributed by atoms with Gasteiger partial charge in [0.05, 0.1) is 40.5 Å². The first-order valence-corrected chi connectivity index (χ1v) is 53.0. The van der Waals surface area contributed by atoms with Crippen molar-refractivity contribution in [2.45, 2.75) is 81.1 Å². The molecule has 0 amide bonds. The molecule has 16 rings (SSSR count). The number of hydrogen-bond donors (Lipinski definition) is 0. The predicted molar refractivity (Wildman–Crippen MR) is 574 cm³/mol. The summed E-state index contributed by atoms with van der Waals surface area (Å²) in [6.45, 7) is 15.1. The monoisotopic (exact) mass is 2040 g/mol. The summed E-state index contributed by atoms with van der Waals surface area (Å²) in [5, 5.41) is 0. The van der Waals surface area contributed by atoms with Gasteiger partial charge in [-0.25, -0.2) is 33.7 Å². The second kappa shape index (κ2) is 67.1. The molecule has 0 aliphatic carbocycles. The van der Waals surface area contributed by atoms with Crippen LogP contribution in [0.2, 0.25) is 0 Å². The Kier molecular flexibility index (Phi) is 58.4. The third-order valence-corrected chi connectivity index (χ3v) is 25.1. The van der Waals surface area contributed by atoms with Crippen molar-refractivity contribution in [1.29, 1.82) is 0 Å². The van der Waals surface area contributed by atoms with E-state index in [4.69, 9.17) is 18.9 Å². The zero-order chi connectivity index (χ0) is 99.1. The van der Waals surface area contributed by atoms with Gasteiger partial charge in [-0.3, -0.25) is 0 Å². The van der Waals surface area contributed by atoms with Crippen molar-refractivity contribution in [2.24, 2.45) is 0 Å². The molecule has 0 unspecified atom stereocenters. The van der Waals surface area contributed by atoms with Crippen LogP contribution in [0.15, 0.2) is 413 Å². The van der Waals surface area contributed by atoms with Crippen LogP contribution in [0.3, 0.4) is 0 Å². The Balaban J connectivity index is 0.000000352. The van der Waals surface area contributed by atoms with Crippen molar-refractivity contribution in [3.05, 3.63) is 413 Å². The maximum atomic E-state index is 9.98. The molecule has 0 aliphatic rings. The molecule has 16 aromatic carbocycles. The standard InChI is InChI=1S/2C48H34.4C5H12O4S.C3H8.CH4.4Na/c2*1-3-7-35(8-4-1)37-11-15-39(16-12-37)41-19-23-43(24-20-41)45-27-31-47(32-28-45)48-33-29-46(30-34-48)44-25-21-42(22-26-44)40-17-13-38(14-18-40)36-9-5-2-6-10-36;4*1-2-9-4-3-5-10(6,7)8;1-3-2;;;;;/h2*1-34H;4*2-5H2,1H3,(H,6,7,8);3H2,1-2H3;1H4;;;;/q;;;;;;;;4*+1/p-4. The van der Waals surface area contributed by atoms with Gasteiger partial charge in [0.1, 0.15) is 0 Å². The molecule has 0 heterocycles. The van der Waals surface area contributed by atoms with Crippen molar-refractivity contribution in [2.75, 3.05) is 75.9 Å². The molecule has 0 saturated heterocycles. The maximum Gasteiger partial charge on any atom is 1.00 e. The van der Waals surface area contributed by atoms with Crippen LogP contribution >= 0.6 is 0 Å². The Hall–Kier alpha value is -9.00. The molecular weight excluding hydrogens is 1920 g/mol. The molecule has 144 heavy (non-hydrogen) atoms. The number of hydrogen-bond acceptors (Lipinski definition) is 16. The van der Waals surface area contributed by atoms with E-state index in [9.17, 15) is 51.9 Å². The Bertz CT molecular complexity index is 5930. The fourth-order valence-corrected chi connectivity index (χ4v) is 16.6. The summed E-state index contributed by atoms with van der Waals surface area (Å²) in [5.74, 6) is -1.31. The molecule has 0 radical (unpaired) electrons. The third kappa shape index (κ3) is 45.0. The van der Waals surface area contributed by atoms with Crippen LogP contribution < -0.4 is 118 Å². The molecule has 16 aromatic rings. The Morgan fingerprint density at radius 1 is 0.160 bits per heavy atom. The molecular formula is C120H124Na4O16S4. The van der Waals surface area contributed by atoms with E-state index in [1.54, 1.807) is 0 Å².